The molecule has 0 radical (unpaired) electrons. The van der Waals surface area contributed by atoms with Gasteiger partial charge in [-0.3, -0.25) is 4.79 Å². The Kier molecular flexibility index (Phi) is 5.14. The summed E-state index contributed by atoms with van der Waals surface area (Å²) in [6.07, 6.45) is 2.80. The van der Waals surface area contributed by atoms with Gasteiger partial charge in [-0.15, -0.1) is 0 Å². The van der Waals surface area contributed by atoms with E-state index >= 15 is 0 Å². The van der Waals surface area contributed by atoms with Gasteiger partial charge >= 0.3 is 0 Å². The predicted octanol–water partition coefficient (Wildman–Crippen LogP) is 3.99. The summed E-state index contributed by atoms with van der Waals surface area (Å²) in [6, 6.07) is 11.7. The third-order valence-electron chi connectivity index (χ3n) is 3.77. The Bertz CT molecular complexity index is 877. The van der Waals surface area contributed by atoms with Crippen molar-refractivity contribution in [2.75, 3.05) is 7.11 Å². The number of amidine groups is 1. The van der Waals surface area contributed by atoms with E-state index in [9.17, 15) is 9.18 Å². The molecule has 0 aromatic heterocycles. The van der Waals surface area contributed by atoms with Crippen LogP contribution in [0.15, 0.2) is 53.2 Å². The quantitative estimate of drug-likeness (QED) is 0.822. The second-order valence-corrected chi connectivity index (χ2v) is 5.99. The molecule has 2 aromatic carbocycles. The first-order valence-electron chi connectivity index (χ1n) is 7.74. The van der Waals surface area contributed by atoms with E-state index in [2.05, 4.69) is 10.3 Å². The zero-order valence-electron chi connectivity index (χ0n) is 13.6. The lowest BCUT2D eigenvalue weighted by atomic mass is 10.1. The van der Waals surface area contributed by atoms with Crippen molar-refractivity contribution < 1.29 is 13.9 Å². The lowest BCUT2D eigenvalue weighted by Crippen LogP contribution is -2.24. The van der Waals surface area contributed by atoms with Crippen molar-refractivity contribution in [1.29, 1.82) is 0 Å². The Morgan fingerprint density at radius 1 is 1.24 bits per heavy atom. The summed E-state index contributed by atoms with van der Waals surface area (Å²) in [7, 11) is 1.49. The van der Waals surface area contributed by atoms with Crippen molar-refractivity contribution in [2.24, 2.45) is 4.99 Å². The molecule has 128 valence electrons. The SMILES string of the molecule is COc1ccc(F)cc1/C=C1/N=C(CCc2cccc(Cl)c2)NC1=O. The summed E-state index contributed by atoms with van der Waals surface area (Å²) in [4.78, 5) is 16.4. The van der Waals surface area contributed by atoms with E-state index in [4.69, 9.17) is 16.3 Å². The first-order chi connectivity index (χ1) is 12.0. The highest BCUT2D eigenvalue weighted by Gasteiger charge is 2.20. The average Bonchev–Trinajstić information content (AvgIpc) is 2.93. The highest BCUT2D eigenvalue weighted by atomic mass is 35.5. The van der Waals surface area contributed by atoms with Crippen LogP contribution in [0.25, 0.3) is 6.08 Å². The topological polar surface area (TPSA) is 50.7 Å². The molecule has 0 saturated carbocycles. The maximum absolute atomic E-state index is 13.4. The van der Waals surface area contributed by atoms with Gasteiger partial charge < -0.3 is 10.1 Å². The third kappa shape index (κ3) is 4.25. The Morgan fingerprint density at radius 2 is 2.08 bits per heavy atom. The van der Waals surface area contributed by atoms with E-state index in [-0.39, 0.29) is 11.6 Å². The molecule has 1 heterocycles. The summed E-state index contributed by atoms with van der Waals surface area (Å²) in [5, 5.41) is 3.41. The largest absolute Gasteiger partial charge is 0.496 e. The number of aliphatic imine (C=N–C) groups is 1. The molecule has 3 rings (SSSR count). The molecule has 0 atom stereocenters. The van der Waals surface area contributed by atoms with Gasteiger partial charge in [-0.25, -0.2) is 9.38 Å². The van der Waals surface area contributed by atoms with Gasteiger partial charge in [-0.05, 0) is 48.4 Å². The van der Waals surface area contributed by atoms with Crippen molar-refractivity contribution in [3.05, 3.63) is 70.1 Å². The number of methoxy groups -OCH3 is 1. The van der Waals surface area contributed by atoms with E-state index < -0.39 is 5.82 Å². The summed E-state index contributed by atoms with van der Waals surface area (Å²) in [6.45, 7) is 0. The zero-order chi connectivity index (χ0) is 17.8. The van der Waals surface area contributed by atoms with Gasteiger partial charge in [0.15, 0.2) is 0 Å². The number of nitrogens with zero attached hydrogens (tertiary/aromatic N) is 1. The summed E-state index contributed by atoms with van der Waals surface area (Å²) in [5.74, 6) is 0.333. The number of ether oxygens (including phenoxy) is 1. The number of carbonyl (C=O) groups excluding carboxylic acids is 1. The number of amides is 1. The Morgan fingerprint density at radius 3 is 2.84 bits per heavy atom. The Balaban J connectivity index is 1.77. The Hall–Kier alpha value is -2.66. The van der Waals surface area contributed by atoms with Gasteiger partial charge in [-0.2, -0.15) is 0 Å². The van der Waals surface area contributed by atoms with Crippen molar-refractivity contribution in [2.45, 2.75) is 12.8 Å². The molecule has 0 aliphatic carbocycles. The number of hydrogen-bond acceptors (Lipinski definition) is 3. The number of carbonyl (C=O) groups is 1. The van der Waals surface area contributed by atoms with Crippen molar-refractivity contribution in [1.82, 2.24) is 5.32 Å². The minimum atomic E-state index is -0.406. The molecule has 4 nitrogen and oxygen atoms in total. The smallest absolute Gasteiger partial charge is 0.275 e. The minimum Gasteiger partial charge on any atom is -0.496 e. The lowest BCUT2D eigenvalue weighted by molar-refractivity contribution is -0.115. The molecule has 1 amide bonds. The van der Waals surface area contributed by atoms with Crippen LogP contribution < -0.4 is 10.1 Å². The van der Waals surface area contributed by atoms with Crippen molar-refractivity contribution in [3.63, 3.8) is 0 Å². The van der Waals surface area contributed by atoms with Gasteiger partial charge in [0.25, 0.3) is 5.91 Å². The summed E-state index contributed by atoms with van der Waals surface area (Å²) >= 11 is 5.97. The molecule has 0 fully saturated rings. The molecule has 25 heavy (non-hydrogen) atoms. The minimum absolute atomic E-state index is 0.227. The monoisotopic (exact) mass is 358 g/mol. The normalized spacial score (nSPS) is 15.2. The molecule has 0 spiro atoms. The van der Waals surface area contributed by atoms with Crippen LogP contribution in [0, 0.1) is 5.82 Å². The van der Waals surface area contributed by atoms with Gasteiger partial charge in [-0.1, -0.05) is 23.7 Å². The van der Waals surface area contributed by atoms with Crippen LogP contribution >= 0.6 is 11.6 Å². The fourth-order valence-corrected chi connectivity index (χ4v) is 2.77. The molecule has 1 aliphatic heterocycles. The van der Waals surface area contributed by atoms with Gasteiger partial charge in [0.05, 0.1) is 7.11 Å². The molecule has 6 heteroatoms. The second kappa shape index (κ2) is 7.49. The number of hydrogen-bond donors (Lipinski definition) is 1. The molecule has 0 unspecified atom stereocenters. The molecule has 1 N–H and O–H groups in total. The highest BCUT2D eigenvalue weighted by molar-refractivity contribution is 6.30. The average molecular weight is 359 g/mol. The first kappa shape index (κ1) is 17.2. The zero-order valence-corrected chi connectivity index (χ0v) is 14.3. The third-order valence-corrected chi connectivity index (χ3v) is 4.00. The molecular formula is C19H16ClFN2O2. The van der Waals surface area contributed by atoms with Crippen molar-refractivity contribution >= 4 is 29.4 Å². The maximum Gasteiger partial charge on any atom is 0.275 e. The van der Waals surface area contributed by atoms with Crippen LogP contribution in [0.2, 0.25) is 5.02 Å². The predicted molar refractivity (Wildman–Crippen MR) is 96.3 cm³/mol. The molecule has 0 saturated heterocycles. The van der Waals surface area contributed by atoms with Crippen LogP contribution in [0.3, 0.4) is 0 Å². The van der Waals surface area contributed by atoms with E-state index in [0.29, 0.717) is 35.0 Å². The Labute approximate surface area is 150 Å². The van der Waals surface area contributed by atoms with E-state index in [1.807, 2.05) is 24.3 Å². The van der Waals surface area contributed by atoms with Crippen LogP contribution in [0.1, 0.15) is 17.5 Å². The molecule has 1 aliphatic rings. The number of benzene rings is 2. The molecular weight excluding hydrogens is 343 g/mol. The van der Waals surface area contributed by atoms with Crippen LogP contribution in [-0.2, 0) is 11.2 Å². The first-order valence-corrected chi connectivity index (χ1v) is 8.11. The highest BCUT2D eigenvalue weighted by Crippen LogP contribution is 2.24. The van der Waals surface area contributed by atoms with Gasteiger partial charge in [0.1, 0.15) is 23.1 Å². The van der Waals surface area contributed by atoms with Crippen molar-refractivity contribution in [3.8, 4) is 5.75 Å². The maximum atomic E-state index is 13.4. The van der Waals surface area contributed by atoms with E-state index in [1.54, 1.807) is 0 Å². The number of rotatable bonds is 5. The standard InChI is InChI=1S/C19H16ClFN2O2/c1-25-17-7-6-15(21)10-13(17)11-16-19(24)23-18(22-16)8-5-12-3-2-4-14(20)9-12/h2-4,6-7,9-11H,5,8H2,1H3,(H,22,23,24)/b16-11+. The number of aryl methyl sites for hydroxylation is 1. The van der Waals surface area contributed by atoms with Crippen LogP contribution in [-0.4, -0.2) is 18.9 Å². The summed E-state index contributed by atoms with van der Waals surface area (Å²) < 4.78 is 18.6. The fourth-order valence-electron chi connectivity index (χ4n) is 2.56. The summed E-state index contributed by atoms with van der Waals surface area (Å²) in [5.41, 5.74) is 1.76. The van der Waals surface area contributed by atoms with Gasteiger partial charge in [0.2, 0.25) is 0 Å². The van der Waals surface area contributed by atoms with E-state index in [0.717, 1.165) is 5.56 Å². The van der Waals surface area contributed by atoms with Gasteiger partial charge in [0, 0.05) is 17.0 Å². The number of halogens is 2. The molecule has 2 aromatic rings. The molecule has 0 bridgehead atoms. The van der Waals surface area contributed by atoms with Crippen LogP contribution in [0.5, 0.6) is 5.75 Å². The number of nitrogens with one attached hydrogen (secondary N) is 1. The van der Waals surface area contributed by atoms with E-state index in [1.165, 1.54) is 31.4 Å². The lowest BCUT2D eigenvalue weighted by Gasteiger charge is -2.04. The fraction of sp³-hybridized carbons (Fsp3) is 0.158. The van der Waals surface area contributed by atoms with Crippen LogP contribution in [0.4, 0.5) is 4.39 Å². The second-order valence-electron chi connectivity index (χ2n) is 5.56.